The van der Waals surface area contributed by atoms with Gasteiger partial charge in [0.05, 0.1) is 35.4 Å². The number of fused-ring (bicyclic) bond motifs is 2. The molecule has 220 valence electrons. The van der Waals surface area contributed by atoms with E-state index in [1.807, 2.05) is 148 Å². The molecule has 2 aromatic carbocycles. The van der Waals surface area contributed by atoms with Crippen LogP contribution in [0.3, 0.4) is 0 Å². The topological polar surface area (TPSA) is 97.1 Å². The molecule has 10 heteroatoms. The van der Waals surface area contributed by atoms with Crippen molar-refractivity contribution in [3.63, 3.8) is 0 Å². The van der Waals surface area contributed by atoms with Gasteiger partial charge in [-0.15, -0.1) is 10.2 Å². The molecule has 10 nitrogen and oxygen atoms in total. The monoisotopic (exact) mass is 550 g/mol. The largest absolute Gasteiger partial charge is 0.341 e. The Morgan fingerprint density at radius 2 is 1.15 bits per heavy atom. The van der Waals surface area contributed by atoms with E-state index in [0.717, 1.165) is 16.6 Å². The first-order valence-electron chi connectivity index (χ1n) is 13.9. The van der Waals surface area contributed by atoms with Crippen molar-refractivity contribution in [1.29, 1.82) is 0 Å². The van der Waals surface area contributed by atoms with E-state index < -0.39 is 0 Å². The predicted octanol–water partition coefficient (Wildman–Crippen LogP) is 6.88. The first-order chi connectivity index (χ1) is 19.5. The van der Waals surface area contributed by atoms with Crippen LogP contribution in [0.15, 0.2) is 86.0 Å². The zero-order valence-electron chi connectivity index (χ0n) is 26.6. The molecule has 4 aromatic heterocycles. The van der Waals surface area contributed by atoms with E-state index in [4.69, 9.17) is 0 Å². The average molecular weight is 551 g/mol. The van der Waals surface area contributed by atoms with Crippen LogP contribution in [0.5, 0.6) is 0 Å². The van der Waals surface area contributed by atoms with Gasteiger partial charge in [-0.1, -0.05) is 90.1 Å². The van der Waals surface area contributed by atoms with Gasteiger partial charge in [0.15, 0.2) is 0 Å². The van der Waals surface area contributed by atoms with Crippen LogP contribution in [0.4, 0.5) is 0 Å². The van der Waals surface area contributed by atoms with Crippen LogP contribution in [0, 0.1) is 0 Å². The maximum Gasteiger partial charge on any atom is 0.113 e. The summed E-state index contributed by atoms with van der Waals surface area (Å²) in [6.45, 7) is 16.0. The number of aryl methyl sites for hydroxylation is 4. The number of para-hydroxylation sites is 3. The lowest BCUT2D eigenvalue weighted by molar-refractivity contribution is 0.715. The molecule has 0 bridgehead atoms. The number of imidazole rings is 2. The van der Waals surface area contributed by atoms with Crippen molar-refractivity contribution in [2.24, 2.45) is 28.2 Å². The van der Waals surface area contributed by atoms with Gasteiger partial charge in [-0.25, -0.2) is 14.6 Å². The van der Waals surface area contributed by atoms with Gasteiger partial charge < -0.3 is 9.13 Å². The number of benzene rings is 2. The van der Waals surface area contributed by atoms with Gasteiger partial charge >= 0.3 is 0 Å². The Balaban J connectivity index is 0. The number of hydrogen-bond donors (Lipinski definition) is 0. The quantitative estimate of drug-likeness (QED) is 0.204. The van der Waals surface area contributed by atoms with Crippen molar-refractivity contribution in [1.82, 2.24) is 49.1 Å². The Morgan fingerprint density at radius 3 is 1.55 bits per heavy atom. The molecule has 0 radical (unpaired) electrons. The van der Waals surface area contributed by atoms with Crippen LogP contribution in [0.1, 0.15) is 55.4 Å². The fraction of sp³-hybridized carbons (Fsp3) is 0.400. The Morgan fingerprint density at radius 1 is 0.575 bits per heavy atom. The highest BCUT2D eigenvalue weighted by Crippen LogP contribution is 2.09. The summed E-state index contributed by atoms with van der Waals surface area (Å²) in [5, 5.41) is 14.9. The molecular weight excluding hydrogens is 500 g/mol. The Kier molecular flexibility index (Phi) is 23.6. The lowest BCUT2D eigenvalue weighted by atomic mass is 10.3. The number of rotatable bonds is 0. The third-order valence-electron chi connectivity index (χ3n) is 4.33. The summed E-state index contributed by atoms with van der Waals surface area (Å²) in [6, 6.07) is 16.0. The molecule has 0 fully saturated rings. The molecule has 0 aliphatic carbocycles. The third-order valence-corrected chi connectivity index (χ3v) is 4.33. The molecule has 0 atom stereocenters. The Hall–Kier alpha value is -4.34. The van der Waals surface area contributed by atoms with Crippen molar-refractivity contribution in [2.75, 3.05) is 0 Å². The Bertz CT molecular complexity index is 1210. The molecule has 0 saturated carbocycles. The highest BCUT2D eigenvalue weighted by Gasteiger charge is 1.96. The minimum absolute atomic E-state index is 0.949. The smallest absolute Gasteiger partial charge is 0.113 e. The Labute approximate surface area is 240 Å². The van der Waals surface area contributed by atoms with E-state index in [1.165, 1.54) is 5.52 Å². The maximum absolute atomic E-state index is 4.18. The summed E-state index contributed by atoms with van der Waals surface area (Å²) < 4.78 is 7.30. The summed E-state index contributed by atoms with van der Waals surface area (Å²) in [5.41, 5.74) is 4.26. The standard InChI is InChI=1S/C8H8N2.C7H7N3.C4H6N2.C3H5N3.4C2H6/c1-10-6-9-7-4-2-3-5-8(7)10;1-10-7-5-3-2-4-6(7)8-9-10;1-6-3-2-5-4-6;1-6-3-2-4-5-6;4*1-2/h2-6H,1H3;2-5H,1H3;2-4H,1H3;2-3H,1H3;4*1-2H3. The van der Waals surface area contributed by atoms with Gasteiger partial charge in [0.1, 0.15) is 5.52 Å². The molecule has 0 saturated heterocycles. The number of aromatic nitrogens is 10. The molecule has 0 spiro atoms. The van der Waals surface area contributed by atoms with Crippen molar-refractivity contribution in [3.8, 4) is 0 Å². The van der Waals surface area contributed by atoms with E-state index in [-0.39, 0.29) is 0 Å². The van der Waals surface area contributed by atoms with Gasteiger partial charge in [-0.05, 0) is 24.3 Å². The highest BCUT2D eigenvalue weighted by molar-refractivity contribution is 5.74. The second kappa shape index (κ2) is 25.0. The molecule has 40 heavy (non-hydrogen) atoms. The van der Waals surface area contributed by atoms with E-state index >= 15 is 0 Å². The van der Waals surface area contributed by atoms with Crippen LogP contribution in [-0.2, 0) is 28.2 Å². The second-order valence-corrected chi connectivity index (χ2v) is 6.85. The molecule has 0 unspecified atom stereocenters. The second-order valence-electron chi connectivity index (χ2n) is 6.85. The average Bonchev–Trinajstić information content (AvgIpc) is 3.85. The van der Waals surface area contributed by atoms with Crippen molar-refractivity contribution in [2.45, 2.75) is 55.4 Å². The lowest BCUT2D eigenvalue weighted by Gasteiger charge is -1.90. The summed E-state index contributed by atoms with van der Waals surface area (Å²) in [7, 11) is 7.64. The van der Waals surface area contributed by atoms with Gasteiger partial charge in [0.25, 0.3) is 0 Å². The fourth-order valence-corrected chi connectivity index (χ4v) is 2.66. The zero-order valence-corrected chi connectivity index (χ0v) is 26.6. The molecule has 0 aliphatic heterocycles. The molecule has 4 heterocycles. The number of hydrogen-bond acceptors (Lipinski definition) is 6. The number of nitrogens with zero attached hydrogens (tertiary/aromatic N) is 10. The minimum Gasteiger partial charge on any atom is -0.341 e. The van der Waals surface area contributed by atoms with E-state index in [0.29, 0.717) is 0 Å². The van der Waals surface area contributed by atoms with Gasteiger partial charge in [-0.3, -0.25) is 4.68 Å². The molecule has 6 rings (SSSR count). The lowest BCUT2D eigenvalue weighted by Crippen LogP contribution is -1.88. The first-order valence-corrected chi connectivity index (χ1v) is 13.9. The fourth-order valence-electron chi connectivity index (χ4n) is 2.66. The summed E-state index contributed by atoms with van der Waals surface area (Å²) in [6.07, 6.45) is 10.6. The van der Waals surface area contributed by atoms with E-state index in [9.17, 15) is 0 Å². The van der Waals surface area contributed by atoms with E-state index in [2.05, 4.69) is 36.7 Å². The third kappa shape index (κ3) is 14.6. The molecule has 0 amide bonds. The first kappa shape index (κ1) is 37.8. The van der Waals surface area contributed by atoms with Gasteiger partial charge in [0, 0.05) is 46.8 Å². The summed E-state index contributed by atoms with van der Waals surface area (Å²) in [4.78, 5) is 7.97. The summed E-state index contributed by atoms with van der Waals surface area (Å²) in [5.74, 6) is 0. The summed E-state index contributed by atoms with van der Waals surface area (Å²) >= 11 is 0. The van der Waals surface area contributed by atoms with Gasteiger partial charge in [-0.2, -0.15) is 0 Å². The SMILES string of the molecule is CC.CC.CC.CC.Cn1ccnc1.Cn1ccnn1.Cn1cnc2ccccc21.Cn1nnc2ccccc21. The highest BCUT2D eigenvalue weighted by atomic mass is 15.4. The van der Waals surface area contributed by atoms with E-state index in [1.54, 1.807) is 34.3 Å². The van der Waals surface area contributed by atoms with Crippen LogP contribution < -0.4 is 0 Å². The van der Waals surface area contributed by atoms with Crippen molar-refractivity contribution < 1.29 is 0 Å². The maximum atomic E-state index is 4.18. The molecule has 0 N–H and O–H groups in total. The predicted molar refractivity (Wildman–Crippen MR) is 169 cm³/mol. The van der Waals surface area contributed by atoms with Crippen LogP contribution in [-0.4, -0.2) is 49.1 Å². The van der Waals surface area contributed by atoms with Crippen molar-refractivity contribution >= 4 is 22.1 Å². The van der Waals surface area contributed by atoms with Crippen LogP contribution in [0.25, 0.3) is 22.1 Å². The normalized spacial score (nSPS) is 8.50. The van der Waals surface area contributed by atoms with Crippen LogP contribution in [0.2, 0.25) is 0 Å². The zero-order chi connectivity index (χ0) is 30.8. The minimum atomic E-state index is 0.949. The molecule has 6 aromatic rings. The van der Waals surface area contributed by atoms with Crippen LogP contribution >= 0.6 is 0 Å². The molecule has 0 aliphatic rings. The van der Waals surface area contributed by atoms with Crippen molar-refractivity contribution in [3.05, 3.63) is 86.0 Å². The molecular formula is C30H50N10. The van der Waals surface area contributed by atoms with Gasteiger partial charge in [0.2, 0.25) is 0 Å².